The number of methoxy groups -OCH3 is 2. The predicted molar refractivity (Wildman–Crippen MR) is 62.4 cm³/mol. The van der Waals surface area contributed by atoms with Crippen LogP contribution in [0.2, 0.25) is 0 Å². The highest BCUT2D eigenvalue weighted by Gasteiger charge is 2.40. The van der Waals surface area contributed by atoms with E-state index in [0.717, 1.165) is 31.7 Å². The van der Waals surface area contributed by atoms with Crippen molar-refractivity contribution in [2.45, 2.75) is 31.8 Å². The molecule has 1 saturated carbocycles. The Morgan fingerprint density at radius 3 is 2.56 bits per heavy atom. The van der Waals surface area contributed by atoms with E-state index in [0.29, 0.717) is 12.0 Å². The minimum atomic E-state index is 0.326. The van der Waals surface area contributed by atoms with Gasteiger partial charge in [-0.05, 0) is 37.0 Å². The molecule has 1 saturated heterocycles. The van der Waals surface area contributed by atoms with Crippen molar-refractivity contribution < 1.29 is 14.2 Å². The summed E-state index contributed by atoms with van der Waals surface area (Å²) in [5.74, 6) is 2.24. The molecule has 1 heterocycles. The minimum Gasteiger partial charge on any atom is -0.384 e. The zero-order chi connectivity index (χ0) is 11.4. The van der Waals surface area contributed by atoms with E-state index >= 15 is 0 Å². The van der Waals surface area contributed by atoms with E-state index in [1.807, 2.05) is 7.11 Å². The molecule has 0 radical (unpaired) electrons. The van der Waals surface area contributed by atoms with Crippen LogP contribution in [0.25, 0.3) is 0 Å². The van der Waals surface area contributed by atoms with Crippen molar-refractivity contribution in [1.82, 2.24) is 0 Å². The summed E-state index contributed by atoms with van der Waals surface area (Å²) in [6.45, 7) is 2.58. The van der Waals surface area contributed by atoms with Crippen LogP contribution in [0.5, 0.6) is 0 Å². The molecule has 0 aromatic heterocycles. The van der Waals surface area contributed by atoms with Crippen LogP contribution in [0.1, 0.15) is 25.7 Å². The van der Waals surface area contributed by atoms with Gasteiger partial charge in [0.05, 0.1) is 12.7 Å². The van der Waals surface area contributed by atoms with Gasteiger partial charge in [0.25, 0.3) is 0 Å². The molecule has 1 aliphatic carbocycles. The molecule has 3 nitrogen and oxygen atoms in total. The van der Waals surface area contributed by atoms with Gasteiger partial charge < -0.3 is 14.2 Å². The first kappa shape index (κ1) is 12.3. The highest BCUT2D eigenvalue weighted by atomic mass is 16.5. The van der Waals surface area contributed by atoms with Crippen molar-refractivity contribution in [3.05, 3.63) is 0 Å². The second kappa shape index (κ2) is 5.99. The molecule has 16 heavy (non-hydrogen) atoms. The molecular weight excluding hydrogens is 204 g/mol. The van der Waals surface area contributed by atoms with E-state index in [-0.39, 0.29) is 0 Å². The summed E-state index contributed by atoms with van der Waals surface area (Å²) < 4.78 is 16.4. The fraction of sp³-hybridized carbons (Fsp3) is 1.00. The molecule has 4 atom stereocenters. The van der Waals surface area contributed by atoms with E-state index in [1.165, 1.54) is 25.7 Å². The molecule has 0 N–H and O–H groups in total. The molecule has 0 unspecified atom stereocenters. The van der Waals surface area contributed by atoms with Gasteiger partial charge in [0.1, 0.15) is 0 Å². The van der Waals surface area contributed by atoms with Crippen LogP contribution < -0.4 is 0 Å². The molecule has 2 aliphatic rings. The standard InChI is InChI=1S/C13H24O3/c1-14-8-10-4-3-5-11(10)12-6-7-16-13(12)9-15-2/h10-13H,3-9H2,1-2H3/t10-,11+,12+,13+/m0/s1. The molecular formula is C13H24O3. The Balaban J connectivity index is 1.93. The van der Waals surface area contributed by atoms with Crippen molar-refractivity contribution in [3.8, 4) is 0 Å². The maximum absolute atomic E-state index is 5.78. The molecule has 3 heteroatoms. The first-order valence-electron chi connectivity index (χ1n) is 6.46. The number of rotatable bonds is 5. The van der Waals surface area contributed by atoms with Crippen LogP contribution in [0.4, 0.5) is 0 Å². The Morgan fingerprint density at radius 1 is 1.00 bits per heavy atom. The van der Waals surface area contributed by atoms with E-state index in [9.17, 15) is 0 Å². The van der Waals surface area contributed by atoms with Crippen molar-refractivity contribution in [1.29, 1.82) is 0 Å². The molecule has 0 amide bonds. The molecule has 1 aliphatic heterocycles. The van der Waals surface area contributed by atoms with E-state index in [1.54, 1.807) is 7.11 Å². The quantitative estimate of drug-likeness (QED) is 0.721. The van der Waals surface area contributed by atoms with Crippen LogP contribution in [0, 0.1) is 17.8 Å². The van der Waals surface area contributed by atoms with Gasteiger partial charge in [-0.25, -0.2) is 0 Å². The molecule has 0 aromatic rings. The molecule has 0 bridgehead atoms. The Hall–Kier alpha value is -0.120. The van der Waals surface area contributed by atoms with E-state index in [4.69, 9.17) is 14.2 Å². The topological polar surface area (TPSA) is 27.7 Å². The third kappa shape index (κ3) is 2.58. The van der Waals surface area contributed by atoms with Gasteiger partial charge in [0, 0.05) is 27.4 Å². The summed E-state index contributed by atoms with van der Waals surface area (Å²) in [6, 6.07) is 0. The fourth-order valence-electron chi connectivity index (χ4n) is 3.54. The maximum atomic E-state index is 5.78. The lowest BCUT2D eigenvalue weighted by Crippen LogP contribution is -2.31. The molecule has 94 valence electrons. The van der Waals surface area contributed by atoms with Gasteiger partial charge in [-0.3, -0.25) is 0 Å². The number of hydrogen-bond donors (Lipinski definition) is 0. The number of hydrogen-bond acceptors (Lipinski definition) is 3. The molecule has 0 aromatic carbocycles. The summed E-state index contributed by atoms with van der Waals surface area (Å²) in [5, 5.41) is 0. The normalized spacial score (nSPS) is 39.4. The lowest BCUT2D eigenvalue weighted by atomic mass is 9.80. The van der Waals surface area contributed by atoms with Crippen molar-refractivity contribution in [3.63, 3.8) is 0 Å². The lowest BCUT2D eigenvalue weighted by molar-refractivity contribution is 0.000178. The average molecular weight is 228 g/mol. The largest absolute Gasteiger partial charge is 0.384 e. The van der Waals surface area contributed by atoms with E-state index < -0.39 is 0 Å². The first-order valence-corrected chi connectivity index (χ1v) is 6.46. The summed E-state index contributed by atoms with van der Waals surface area (Å²) >= 11 is 0. The Morgan fingerprint density at radius 2 is 1.81 bits per heavy atom. The van der Waals surface area contributed by atoms with Gasteiger partial charge in [-0.2, -0.15) is 0 Å². The van der Waals surface area contributed by atoms with Gasteiger partial charge in [-0.15, -0.1) is 0 Å². The van der Waals surface area contributed by atoms with Gasteiger partial charge >= 0.3 is 0 Å². The zero-order valence-electron chi connectivity index (χ0n) is 10.5. The van der Waals surface area contributed by atoms with Crippen LogP contribution in [-0.2, 0) is 14.2 Å². The Bertz CT molecular complexity index is 185. The van der Waals surface area contributed by atoms with E-state index in [2.05, 4.69) is 0 Å². The highest BCUT2D eigenvalue weighted by Crippen LogP contribution is 2.42. The number of ether oxygens (including phenoxy) is 3. The summed E-state index contributed by atoms with van der Waals surface area (Å²) in [7, 11) is 3.58. The van der Waals surface area contributed by atoms with Gasteiger partial charge in [-0.1, -0.05) is 6.42 Å². The fourth-order valence-corrected chi connectivity index (χ4v) is 3.54. The average Bonchev–Trinajstić information content (AvgIpc) is 2.87. The van der Waals surface area contributed by atoms with Crippen molar-refractivity contribution in [2.24, 2.45) is 17.8 Å². The van der Waals surface area contributed by atoms with Crippen LogP contribution in [0.3, 0.4) is 0 Å². The predicted octanol–water partition coefficient (Wildman–Crippen LogP) is 2.10. The van der Waals surface area contributed by atoms with Crippen molar-refractivity contribution >= 4 is 0 Å². The summed E-state index contributed by atoms with van der Waals surface area (Å²) in [5.41, 5.74) is 0. The summed E-state index contributed by atoms with van der Waals surface area (Å²) in [6.07, 6.45) is 5.57. The lowest BCUT2D eigenvalue weighted by Gasteiger charge is -2.28. The van der Waals surface area contributed by atoms with Gasteiger partial charge in [0.15, 0.2) is 0 Å². The smallest absolute Gasteiger partial charge is 0.0839 e. The molecule has 0 spiro atoms. The Labute approximate surface area is 98.4 Å². The first-order chi connectivity index (χ1) is 7.86. The second-order valence-corrected chi connectivity index (χ2v) is 5.13. The van der Waals surface area contributed by atoms with Crippen LogP contribution in [0.15, 0.2) is 0 Å². The minimum absolute atomic E-state index is 0.326. The van der Waals surface area contributed by atoms with Crippen LogP contribution in [-0.4, -0.2) is 40.1 Å². The maximum Gasteiger partial charge on any atom is 0.0839 e. The third-order valence-electron chi connectivity index (χ3n) is 4.24. The zero-order valence-corrected chi connectivity index (χ0v) is 10.5. The Kier molecular flexibility index (Phi) is 4.62. The molecule has 2 fully saturated rings. The third-order valence-corrected chi connectivity index (χ3v) is 4.24. The monoisotopic (exact) mass is 228 g/mol. The summed E-state index contributed by atoms with van der Waals surface area (Å²) in [4.78, 5) is 0. The van der Waals surface area contributed by atoms with Crippen LogP contribution >= 0.6 is 0 Å². The van der Waals surface area contributed by atoms with Crippen molar-refractivity contribution in [2.75, 3.05) is 34.0 Å². The highest BCUT2D eigenvalue weighted by molar-refractivity contribution is 4.89. The second-order valence-electron chi connectivity index (χ2n) is 5.13. The van der Waals surface area contributed by atoms with Gasteiger partial charge in [0.2, 0.25) is 0 Å². The molecule has 2 rings (SSSR count). The SMILES string of the molecule is COC[C@@H]1CCC[C@H]1[C@H]1CCO[C@@H]1COC.